The fraction of sp³-hybridized carbons (Fsp3) is 0.750. The van der Waals surface area contributed by atoms with Crippen molar-refractivity contribution in [3.63, 3.8) is 0 Å². The topological polar surface area (TPSA) is 53.2 Å². The van der Waals surface area contributed by atoms with Gasteiger partial charge in [-0.15, -0.1) is 0 Å². The summed E-state index contributed by atoms with van der Waals surface area (Å²) in [7, 11) is 0. The Hall–Kier alpha value is 0.370. The van der Waals surface area contributed by atoms with Gasteiger partial charge in [0.2, 0.25) is 4.51 Å². The van der Waals surface area contributed by atoms with Gasteiger partial charge in [0, 0.05) is 0 Å². The van der Waals surface area contributed by atoms with Gasteiger partial charge in [-0.25, -0.2) is 0 Å². The van der Waals surface area contributed by atoms with E-state index < -0.39 is 10.6 Å². The summed E-state index contributed by atoms with van der Waals surface area (Å²) in [5.41, 5.74) is 0. The lowest BCUT2D eigenvalue weighted by Crippen LogP contribution is -2.32. The molecule has 0 heterocycles. The van der Waals surface area contributed by atoms with Crippen LogP contribution < -0.4 is 0 Å². The molecule has 0 aromatic heterocycles. The molecule has 0 fully saturated rings. The molecule has 9 heavy (non-hydrogen) atoms. The summed E-state index contributed by atoms with van der Waals surface area (Å²) in [6, 6.07) is 1.73. The highest BCUT2D eigenvalue weighted by atomic mass is 79.9. The van der Waals surface area contributed by atoms with Gasteiger partial charge in [0.15, 0.2) is 0 Å². The van der Waals surface area contributed by atoms with Gasteiger partial charge in [-0.2, -0.15) is 5.26 Å². The van der Waals surface area contributed by atoms with Gasteiger partial charge < -0.3 is 5.11 Å². The van der Waals surface area contributed by atoms with Crippen molar-refractivity contribution in [3.05, 3.63) is 0 Å². The zero-order valence-electron chi connectivity index (χ0n) is 4.64. The third-order valence-electron chi connectivity index (χ3n) is 0.802. The van der Waals surface area contributed by atoms with Gasteiger partial charge >= 0.3 is 0 Å². The summed E-state index contributed by atoms with van der Waals surface area (Å²) in [6.45, 7) is 1.44. The Morgan fingerprint density at radius 1 is 1.89 bits per heavy atom. The van der Waals surface area contributed by atoms with E-state index in [1.54, 1.807) is 6.07 Å². The summed E-state index contributed by atoms with van der Waals surface area (Å²) in [6.07, 6.45) is -0.887. The maximum absolute atomic E-state index is 8.85. The molecule has 0 saturated carbocycles. The van der Waals surface area contributed by atoms with Crippen LogP contribution in [0.5, 0.6) is 0 Å². The van der Waals surface area contributed by atoms with Crippen molar-refractivity contribution < 1.29 is 8.93 Å². The highest BCUT2D eigenvalue weighted by molar-refractivity contribution is 9.11. The molecular formula is C4H5Br2NO2. The quantitative estimate of drug-likeness (QED) is 0.760. The number of hydrogen-bond acceptors (Lipinski definition) is 3. The van der Waals surface area contributed by atoms with E-state index >= 15 is 0 Å². The zero-order valence-corrected chi connectivity index (χ0v) is 7.81. The Morgan fingerprint density at radius 2 is 2.33 bits per heavy atom. The lowest BCUT2D eigenvalue weighted by atomic mass is 10.2. The van der Waals surface area contributed by atoms with Gasteiger partial charge in [-0.1, -0.05) is 0 Å². The number of aliphatic hydroxyl groups is 1. The largest absolute Gasteiger partial charge is 0.388 e. The Bertz CT molecular complexity index is 133. The first-order valence-corrected chi connectivity index (χ1v) is 3.59. The van der Waals surface area contributed by atoms with Crippen LogP contribution in [0.15, 0.2) is 0 Å². The molecule has 2 atom stereocenters. The molecule has 0 aliphatic heterocycles. The Labute approximate surface area is 70.2 Å². The number of hydrogen-bond donors (Lipinski definition) is 1. The summed E-state index contributed by atoms with van der Waals surface area (Å²) < 4.78 is 3.14. The summed E-state index contributed by atoms with van der Waals surface area (Å²) in [4.78, 5) is 0. The van der Waals surface area contributed by atoms with Crippen LogP contribution >= 0.6 is 32.2 Å². The van der Waals surface area contributed by atoms with Crippen LogP contribution in [0.3, 0.4) is 0 Å². The average molecular weight is 259 g/mol. The fourth-order valence-corrected chi connectivity index (χ4v) is 0.518. The van der Waals surface area contributed by atoms with Gasteiger partial charge in [0.25, 0.3) is 0 Å². The molecule has 0 aromatic rings. The van der Waals surface area contributed by atoms with Gasteiger partial charge in [0.05, 0.1) is 0 Å². The third kappa shape index (κ3) is 2.22. The van der Waals surface area contributed by atoms with Crippen LogP contribution in [0.2, 0.25) is 0 Å². The Morgan fingerprint density at radius 3 is 2.33 bits per heavy atom. The normalized spacial score (nSPS) is 19.9. The van der Waals surface area contributed by atoms with Crippen LogP contribution in [0, 0.1) is 11.3 Å². The van der Waals surface area contributed by atoms with E-state index in [0.717, 1.165) is 0 Å². The van der Waals surface area contributed by atoms with Gasteiger partial charge in [-0.05, 0) is 22.9 Å². The van der Waals surface area contributed by atoms with Crippen molar-refractivity contribution in [1.29, 1.82) is 5.26 Å². The lowest BCUT2D eigenvalue weighted by Gasteiger charge is -2.17. The smallest absolute Gasteiger partial charge is 0.247 e. The summed E-state index contributed by atoms with van der Waals surface area (Å²) in [5, 5.41) is 17.2. The van der Waals surface area contributed by atoms with Crippen molar-refractivity contribution in [3.8, 4) is 6.07 Å². The van der Waals surface area contributed by atoms with E-state index in [4.69, 9.17) is 10.4 Å². The van der Waals surface area contributed by atoms with Gasteiger partial charge in [0.1, 0.15) is 28.4 Å². The molecule has 0 bridgehead atoms. The summed E-state index contributed by atoms with van der Waals surface area (Å²) in [5.74, 6) is 0. The molecule has 0 rings (SSSR count). The predicted molar refractivity (Wildman–Crippen MR) is 39.0 cm³/mol. The highest BCUT2D eigenvalue weighted by Gasteiger charge is 2.33. The first-order chi connectivity index (χ1) is 4.06. The Kier molecular flexibility index (Phi) is 3.66. The maximum Gasteiger partial charge on any atom is 0.247 e. The van der Waals surface area contributed by atoms with E-state index in [2.05, 4.69) is 36.0 Å². The minimum absolute atomic E-state index is 0.887. The first-order valence-electron chi connectivity index (χ1n) is 2.15. The molecule has 3 nitrogen and oxygen atoms in total. The molecule has 1 N–H and O–H groups in total. The van der Waals surface area contributed by atoms with Crippen molar-refractivity contribution in [2.24, 2.45) is 0 Å². The van der Waals surface area contributed by atoms with Crippen molar-refractivity contribution >= 4 is 32.2 Å². The zero-order chi connectivity index (χ0) is 7.49. The maximum atomic E-state index is 8.85. The number of rotatable bonds is 2. The number of alkyl halides is 1. The molecule has 0 spiro atoms. The van der Waals surface area contributed by atoms with Crippen molar-refractivity contribution in [2.45, 2.75) is 17.5 Å². The van der Waals surface area contributed by atoms with Gasteiger partial charge in [-0.3, -0.25) is 3.83 Å². The minimum Gasteiger partial charge on any atom is -0.388 e. The molecule has 2 unspecified atom stereocenters. The molecular weight excluding hydrogens is 254 g/mol. The number of aliphatic hydroxyl groups excluding tert-OH is 1. The first kappa shape index (κ1) is 9.37. The van der Waals surface area contributed by atoms with Crippen molar-refractivity contribution in [2.75, 3.05) is 0 Å². The van der Waals surface area contributed by atoms with E-state index in [1.165, 1.54) is 6.92 Å². The monoisotopic (exact) mass is 257 g/mol. The fourth-order valence-electron chi connectivity index (χ4n) is 0.175. The van der Waals surface area contributed by atoms with E-state index in [9.17, 15) is 0 Å². The van der Waals surface area contributed by atoms with Crippen LogP contribution in [0.1, 0.15) is 6.92 Å². The highest BCUT2D eigenvalue weighted by Crippen LogP contribution is 2.25. The molecule has 52 valence electrons. The van der Waals surface area contributed by atoms with Crippen LogP contribution in [-0.2, 0) is 3.83 Å². The molecule has 0 radical (unpaired) electrons. The summed E-state index contributed by atoms with van der Waals surface area (Å²) >= 11 is 5.47. The van der Waals surface area contributed by atoms with E-state index in [1.807, 2.05) is 0 Å². The van der Waals surface area contributed by atoms with E-state index in [0.29, 0.717) is 0 Å². The standard InChI is InChI=1S/C4H5Br2NO2/c1-3(8)4(5,2-7)9-6/h3,8H,1H3. The molecule has 0 aromatic carbocycles. The average Bonchev–Trinajstić information content (AvgIpc) is 1.86. The molecule has 0 aliphatic carbocycles. The van der Waals surface area contributed by atoms with Crippen molar-refractivity contribution in [1.82, 2.24) is 0 Å². The predicted octanol–water partition coefficient (Wildman–Crippen LogP) is 1.31. The second kappa shape index (κ2) is 3.52. The second-order valence-electron chi connectivity index (χ2n) is 1.51. The third-order valence-corrected chi connectivity index (χ3v) is 2.75. The molecule has 0 aliphatic rings. The van der Waals surface area contributed by atoms with Crippen LogP contribution in [-0.4, -0.2) is 15.7 Å². The van der Waals surface area contributed by atoms with Crippen LogP contribution in [0.4, 0.5) is 0 Å². The van der Waals surface area contributed by atoms with E-state index in [-0.39, 0.29) is 0 Å². The molecule has 0 amide bonds. The second-order valence-corrected chi connectivity index (χ2v) is 3.01. The van der Waals surface area contributed by atoms with Crippen LogP contribution in [0.25, 0.3) is 0 Å². The Balaban J connectivity index is 4.14. The number of nitriles is 1. The molecule has 5 heteroatoms. The minimum atomic E-state index is -1.33. The SMILES string of the molecule is CC(O)C(Br)(C#N)OBr. The molecule has 0 saturated heterocycles. The number of halogens is 2. The lowest BCUT2D eigenvalue weighted by molar-refractivity contribution is 0.0841. The number of nitrogens with zero attached hydrogens (tertiary/aromatic N) is 1.